The van der Waals surface area contributed by atoms with Gasteiger partial charge in [-0.15, -0.1) is 5.10 Å². The number of hydrogen-bond acceptors (Lipinski definition) is 5. The van der Waals surface area contributed by atoms with Crippen LogP contribution in [0.15, 0.2) is 18.5 Å². The molecule has 0 saturated heterocycles. The largest absolute Gasteiger partial charge is 0.480 e. The molecule has 110 valence electrons. The van der Waals surface area contributed by atoms with E-state index in [0.717, 1.165) is 0 Å². The van der Waals surface area contributed by atoms with E-state index in [9.17, 15) is 9.59 Å². The summed E-state index contributed by atoms with van der Waals surface area (Å²) in [5, 5.41) is 18.9. The molecule has 8 nitrogen and oxygen atoms in total. The second-order valence-electron chi connectivity index (χ2n) is 4.29. The van der Waals surface area contributed by atoms with Crippen molar-refractivity contribution >= 4 is 23.5 Å². The van der Waals surface area contributed by atoms with Gasteiger partial charge in [0, 0.05) is 11.9 Å². The molecular weight excluding hydrogens is 298 g/mol. The van der Waals surface area contributed by atoms with E-state index in [1.807, 2.05) is 0 Å². The molecule has 1 amide bonds. The molecule has 0 aliphatic rings. The molecule has 0 radical (unpaired) electrons. The molecule has 0 saturated carbocycles. The van der Waals surface area contributed by atoms with E-state index in [4.69, 9.17) is 16.7 Å². The standard InChI is InChI=1S/C12H12ClN5O3/c1-7-2-10(13)9(4-14-7)12(21)15-3-8-5-18(17-16-8)6-11(19)20/h2,4-5H,3,6H2,1H3,(H,15,21)(H,19,20). The first-order valence-corrected chi connectivity index (χ1v) is 6.34. The molecule has 0 spiro atoms. The lowest BCUT2D eigenvalue weighted by Crippen LogP contribution is -2.23. The zero-order chi connectivity index (χ0) is 15.4. The maximum atomic E-state index is 12.0. The Hall–Kier alpha value is -2.48. The zero-order valence-corrected chi connectivity index (χ0v) is 11.8. The summed E-state index contributed by atoms with van der Waals surface area (Å²) in [6, 6.07) is 1.60. The third-order valence-corrected chi connectivity index (χ3v) is 2.86. The highest BCUT2D eigenvalue weighted by Crippen LogP contribution is 2.15. The van der Waals surface area contributed by atoms with Crippen LogP contribution in [0, 0.1) is 6.92 Å². The van der Waals surface area contributed by atoms with E-state index in [2.05, 4.69) is 20.6 Å². The quantitative estimate of drug-likeness (QED) is 0.839. The lowest BCUT2D eigenvalue weighted by molar-refractivity contribution is -0.137. The average molecular weight is 310 g/mol. The van der Waals surface area contributed by atoms with Gasteiger partial charge in [-0.25, -0.2) is 4.68 Å². The van der Waals surface area contributed by atoms with Crippen molar-refractivity contribution in [1.29, 1.82) is 0 Å². The molecule has 2 aromatic heterocycles. The van der Waals surface area contributed by atoms with Crippen LogP contribution in [0.4, 0.5) is 0 Å². The summed E-state index contributed by atoms with van der Waals surface area (Å²) in [4.78, 5) is 26.5. The summed E-state index contributed by atoms with van der Waals surface area (Å²) in [6.45, 7) is 1.60. The lowest BCUT2D eigenvalue weighted by Gasteiger charge is -2.05. The fraction of sp³-hybridized carbons (Fsp3) is 0.250. The smallest absolute Gasteiger partial charge is 0.325 e. The Morgan fingerprint density at radius 3 is 2.90 bits per heavy atom. The number of carboxylic acid groups (broad SMARTS) is 1. The van der Waals surface area contributed by atoms with Crippen LogP contribution in [-0.2, 0) is 17.9 Å². The number of carbonyl (C=O) groups excluding carboxylic acids is 1. The molecule has 0 atom stereocenters. The number of aliphatic carboxylic acids is 1. The Bertz CT molecular complexity index is 685. The van der Waals surface area contributed by atoms with Crippen molar-refractivity contribution in [2.75, 3.05) is 0 Å². The molecule has 0 bridgehead atoms. The molecule has 21 heavy (non-hydrogen) atoms. The molecule has 0 aromatic carbocycles. The number of aromatic nitrogens is 4. The molecule has 0 aliphatic heterocycles. The van der Waals surface area contributed by atoms with Crippen LogP contribution < -0.4 is 5.32 Å². The van der Waals surface area contributed by atoms with Crippen molar-refractivity contribution < 1.29 is 14.7 Å². The monoisotopic (exact) mass is 309 g/mol. The Morgan fingerprint density at radius 1 is 1.48 bits per heavy atom. The first-order valence-electron chi connectivity index (χ1n) is 5.97. The van der Waals surface area contributed by atoms with Gasteiger partial charge in [0.1, 0.15) is 12.2 Å². The number of hydrogen-bond donors (Lipinski definition) is 2. The highest BCUT2D eigenvalue weighted by molar-refractivity contribution is 6.33. The van der Waals surface area contributed by atoms with Gasteiger partial charge in [-0.05, 0) is 13.0 Å². The van der Waals surface area contributed by atoms with Gasteiger partial charge in [-0.3, -0.25) is 14.6 Å². The SMILES string of the molecule is Cc1cc(Cl)c(C(=O)NCc2cn(CC(=O)O)nn2)cn1. The minimum Gasteiger partial charge on any atom is -0.480 e. The molecule has 2 heterocycles. The van der Waals surface area contributed by atoms with Crippen molar-refractivity contribution in [3.63, 3.8) is 0 Å². The van der Waals surface area contributed by atoms with Gasteiger partial charge < -0.3 is 10.4 Å². The number of amides is 1. The van der Waals surface area contributed by atoms with Crippen LogP contribution >= 0.6 is 11.6 Å². The molecule has 2 rings (SSSR count). The average Bonchev–Trinajstić information content (AvgIpc) is 2.82. The summed E-state index contributed by atoms with van der Waals surface area (Å²) in [6.07, 6.45) is 2.84. The van der Waals surface area contributed by atoms with E-state index in [1.165, 1.54) is 17.1 Å². The van der Waals surface area contributed by atoms with Crippen molar-refractivity contribution in [2.24, 2.45) is 0 Å². The second-order valence-corrected chi connectivity index (χ2v) is 4.70. The number of carbonyl (C=O) groups is 2. The van der Waals surface area contributed by atoms with Crippen LogP contribution in [0.3, 0.4) is 0 Å². The molecule has 0 fully saturated rings. The van der Waals surface area contributed by atoms with Gasteiger partial charge in [-0.1, -0.05) is 16.8 Å². The number of pyridine rings is 1. The highest BCUT2D eigenvalue weighted by Gasteiger charge is 2.12. The molecule has 2 N–H and O–H groups in total. The van der Waals surface area contributed by atoms with Crippen LogP contribution in [0.1, 0.15) is 21.7 Å². The number of carboxylic acids is 1. The predicted octanol–water partition coefficient (Wildman–Crippen LogP) is 0.650. The molecule has 0 aliphatic carbocycles. The summed E-state index contributed by atoms with van der Waals surface area (Å²) < 4.78 is 1.17. The second kappa shape index (κ2) is 6.31. The Kier molecular flexibility index (Phi) is 4.49. The number of nitrogens with one attached hydrogen (secondary N) is 1. The normalized spacial score (nSPS) is 10.4. The predicted molar refractivity (Wildman–Crippen MR) is 72.8 cm³/mol. The molecule has 0 unspecified atom stereocenters. The summed E-state index contributed by atoms with van der Waals surface area (Å²) in [7, 11) is 0. The van der Waals surface area contributed by atoms with E-state index in [0.29, 0.717) is 16.4 Å². The van der Waals surface area contributed by atoms with E-state index >= 15 is 0 Å². The van der Waals surface area contributed by atoms with Crippen molar-refractivity contribution in [1.82, 2.24) is 25.3 Å². The minimum atomic E-state index is -1.02. The van der Waals surface area contributed by atoms with Gasteiger partial charge in [0.25, 0.3) is 5.91 Å². The van der Waals surface area contributed by atoms with Gasteiger partial charge in [0.15, 0.2) is 0 Å². The fourth-order valence-corrected chi connectivity index (χ4v) is 1.89. The fourth-order valence-electron chi connectivity index (χ4n) is 1.59. The Balaban J connectivity index is 1.97. The molecule has 2 aromatic rings. The Labute approximate surface area is 124 Å². The lowest BCUT2D eigenvalue weighted by atomic mass is 10.2. The number of rotatable bonds is 5. The molecule has 9 heteroatoms. The maximum absolute atomic E-state index is 12.0. The summed E-state index contributed by atoms with van der Waals surface area (Å²) in [5.74, 6) is -1.41. The summed E-state index contributed by atoms with van der Waals surface area (Å²) >= 11 is 5.97. The van der Waals surface area contributed by atoms with Gasteiger partial charge in [-0.2, -0.15) is 0 Å². The van der Waals surface area contributed by atoms with E-state index < -0.39 is 5.97 Å². The van der Waals surface area contributed by atoms with Crippen LogP contribution in [-0.4, -0.2) is 37.0 Å². The van der Waals surface area contributed by atoms with E-state index in [-0.39, 0.29) is 24.6 Å². The van der Waals surface area contributed by atoms with E-state index in [1.54, 1.807) is 13.0 Å². The first kappa shape index (κ1) is 14.9. The number of aryl methyl sites for hydroxylation is 1. The van der Waals surface area contributed by atoms with Crippen molar-refractivity contribution in [3.05, 3.63) is 40.4 Å². The highest BCUT2D eigenvalue weighted by atomic mass is 35.5. The first-order chi connectivity index (χ1) is 9.95. The van der Waals surface area contributed by atoms with Gasteiger partial charge in [0.05, 0.1) is 23.3 Å². The number of nitrogens with zero attached hydrogens (tertiary/aromatic N) is 4. The van der Waals surface area contributed by atoms with Crippen LogP contribution in [0.25, 0.3) is 0 Å². The van der Waals surface area contributed by atoms with Crippen LogP contribution in [0.2, 0.25) is 5.02 Å². The third kappa shape index (κ3) is 3.99. The Morgan fingerprint density at radius 2 is 2.24 bits per heavy atom. The third-order valence-electron chi connectivity index (χ3n) is 2.55. The topological polar surface area (TPSA) is 110 Å². The zero-order valence-electron chi connectivity index (χ0n) is 11.1. The number of halogens is 1. The minimum absolute atomic E-state index is 0.114. The van der Waals surface area contributed by atoms with Gasteiger partial charge in [0.2, 0.25) is 0 Å². The maximum Gasteiger partial charge on any atom is 0.325 e. The van der Waals surface area contributed by atoms with Crippen molar-refractivity contribution in [2.45, 2.75) is 20.0 Å². The molecular formula is C12H12ClN5O3. The van der Waals surface area contributed by atoms with Crippen LogP contribution in [0.5, 0.6) is 0 Å². The van der Waals surface area contributed by atoms with Gasteiger partial charge >= 0.3 is 5.97 Å². The van der Waals surface area contributed by atoms with Crippen molar-refractivity contribution in [3.8, 4) is 0 Å². The summed E-state index contributed by atoms with van der Waals surface area (Å²) in [5.41, 5.74) is 1.43.